The van der Waals surface area contributed by atoms with Gasteiger partial charge < -0.3 is 33.9 Å². The molecule has 15 nitrogen and oxygen atoms in total. The summed E-state index contributed by atoms with van der Waals surface area (Å²) >= 11 is 6.46. The van der Waals surface area contributed by atoms with Crippen LogP contribution in [0.1, 0.15) is 134 Å². The molecule has 0 amide bonds. The predicted molar refractivity (Wildman–Crippen MR) is 248 cm³/mol. The Kier molecular flexibility index (Phi) is 22.1. The van der Waals surface area contributed by atoms with Crippen LogP contribution in [0.15, 0.2) is 60.9 Å². The normalized spacial score (nSPS) is 17.6. The van der Waals surface area contributed by atoms with Crippen LogP contribution in [0.25, 0.3) is 5.52 Å². The van der Waals surface area contributed by atoms with Crippen molar-refractivity contribution in [2.75, 3.05) is 38.8 Å². The molecule has 2 aromatic carbocycles. The number of nitrogens with two attached hydrogens (primary N) is 1. The van der Waals surface area contributed by atoms with Crippen LogP contribution in [-0.4, -0.2) is 71.7 Å². The quantitative estimate of drug-likeness (QED) is 0.0359. The number of nitriles is 2. The number of aromatic nitrogens is 3. The van der Waals surface area contributed by atoms with Gasteiger partial charge in [0.25, 0.3) is 0 Å². The van der Waals surface area contributed by atoms with Gasteiger partial charge >= 0.3 is 7.82 Å². The fourth-order valence-corrected chi connectivity index (χ4v) is 9.19. The molecule has 2 N–H and O–H groups in total. The third kappa shape index (κ3) is 17.2. The summed E-state index contributed by atoms with van der Waals surface area (Å²) in [6, 6.07) is 17.8. The molecule has 1 aliphatic rings. The second-order valence-corrected chi connectivity index (χ2v) is 18.9. The van der Waals surface area contributed by atoms with E-state index in [4.69, 9.17) is 54.6 Å². The van der Waals surface area contributed by atoms with Gasteiger partial charge in [-0.1, -0.05) is 114 Å². The van der Waals surface area contributed by atoms with E-state index in [1.165, 1.54) is 95.2 Å². The summed E-state index contributed by atoms with van der Waals surface area (Å²) in [5.41, 5.74) is 7.76. The van der Waals surface area contributed by atoms with E-state index in [1.807, 2.05) is 12.1 Å². The Balaban J connectivity index is 1.24. The molecular weight excluding hydrogens is 890 g/mol. The number of halogens is 2. The summed E-state index contributed by atoms with van der Waals surface area (Å²) in [5.74, 6) is -1.44. The van der Waals surface area contributed by atoms with Gasteiger partial charge in [0.15, 0.2) is 11.6 Å². The number of hydrogen-bond donors (Lipinski definition) is 1. The maximum absolute atomic E-state index is 14.8. The molecule has 0 spiro atoms. The van der Waals surface area contributed by atoms with Crippen molar-refractivity contribution >= 4 is 30.8 Å². The molecule has 1 aliphatic heterocycles. The highest BCUT2D eigenvalue weighted by molar-refractivity contribution is 7.48. The lowest BCUT2D eigenvalue weighted by molar-refractivity contribution is -0.161. The van der Waals surface area contributed by atoms with Crippen molar-refractivity contribution in [2.45, 2.75) is 147 Å². The minimum atomic E-state index is -4.62. The van der Waals surface area contributed by atoms with Crippen molar-refractivity contribution < 1.29 is 46.2 Å². The number of benzene rings is 2. The molecule has 1 unspecified atom stereocenters. The van der Waals surface area contributed by atoms with Crippen molar-refractivity contribution in [3.8, 4) is 17.9 Å². The lowest BCUT2D eigenvalue weighted by Gasteiger charge is -2.28. The van der Waals surface area contributed by atoms with E-state index in [0.717, 1.165) is 25.3 Å². The smallest absolute Gasteiger partial charge is 0.402 e. The standard InChI is InChI=1S/C48H65ClFN6O9P/c1-4-5-6-7-8-9-10-11-12-13-14-15-16-19-25-58-32-39(60-31-37-27-36(30-52)28-38(50)29-37)33-61-66(57,65-43-21-18-17-20-40(43)49)62-34-44(59-26-24-51)46-45(63-48(2,3)64-46)41-22-23-42-47(53)54-35-55-56(41)42/h17-18,20-23,27-29,35,39,44-46H,4-16,19,25-26,31-34H2,1-3H3,(H2,53,54,55)/t39-,44-,45+,46-,66?/m1/s1. The van der Waals surface area contributed by atoms with Crippen LogP contribution in [0.3, 0.4) is 0 Å². The van der Waals surface area contributed by atoms with Crippen LogP contribution in [0.2, 0.25) is 5.02 Å². The maximum Gasteiger partial charge on any atom is 0.530 e. The molecular formula is C48H65ClFN6O9P. The Morgan fingerprint density at radius 1 is 0.894 bits per heavy atom. The number of nitrogen functional groups attached to an aromatic ring is 1. The van der Waals surface area contributed by atoms with Crippen LogP contribution in [0, 0.1) is 28.5 Å². The molecule has 0 radical (unpaired) electrons. The number of unbranched alkanes of at least 4 members (excludes halogenated alkanes) is 13. The van der Waals surface area contributed by atoms with Crippen molar-refractivity contribution in [2.24, 2.45) is 0 Å². The Hall–Kier alpha value is -4.19. The summed E-state index contributed by atoms with van der Waals surface area (Å²) < 4.78 is 79.6. The first-order valence-electron chi connectivity index (χ1n) is 23.1. The summed E-state index contributed by atoms with van der Waals surface area (Å²) in [7, 11) is -4.62. The van der Waals surface area contributed by atoms with E-state index in [2.05, 4.69) is 17.0 Å². The number of ether oxygens (including phenoxy) is 5. The van der Waals surface area contributed by atoms with Crippen LogP contribution in [-0.2, 0) is 43.9 Å². The number of phosphoric acid groups is 1. The highest BCUT2D eigenvalue weighted by atomic mass is 35.5. The molecule has 1 saturated heterocycles. The SMILES string of the molecule is CCCCCCCCCCCCCCCCOC[C@H](COP(=O)(OC[C@@H](OCC#N)[C@H]1OC(C)(C)O[C@H]1c1ccc2c(N)ncnn12)Oc1ccccc1Cl)OCc1cc(F)cc(C#N)c1. The van der Waals surface area contributed by atoms with Gasteiger partial charge in [0, 0.05) is 6.61 Å². The number of para-hydroxylation sites is 1. The highest BCUT2D eigenvalue weighted by Crippen LogP contribution is 2.52. The van der Waals surface area contributed by atoms with Crippen molar-refractivity contribution in [1.82, 2.24) is 14.6 Å². The minimum Gasteiger partial charge on any atom is -0.402 e. The van der Waals surface area contributed by atoms with Crippen molar-refractivity contribution in [3.63, 3.8) is 0 Å². The van der Waals surface area contributed by atoms with Crippen molar-refractivity contribution in [3.05, 3.63) is 88.6 Å². The molecule has 1 fully saturated rings. The van der Waals surface area contributed by atoms with Gasteiger partial charge in [-0.3, -0.25) is 9.05 Å². The summed E-state index contributed by atoms with van der Waals surface area (Å²) in [6.45, 7) is 4.87. The number of nitrogens with zero attached hydrogens (tertiary/aromatic N) is 5. The summed E-state index contributed by atoms with van der Waals surface area (Å²) in [6.07, 6.45) is 14.9. The molecule has 18 heteroatoms. The van der Waals surface area contributed by atoms with E-state index < -0.39 is 50.4 Å². The molecule has 5 atom stereocenters. The van der Waals surface area contributed by atoms with Gasteiger partial charge in [0.2, 0.25) is 0 Å². The lowest BCUT2D eigenvalue weighted by Crippen LogP contribution is -2.38. The highest BCUT2D eigenvalue weighted by Gasteiger charge is 2.49. The molecule has 0 bridgehead atoms. The largest absolute Gasteiger partial charge is 0.530 e. The molecule has 66 heavy (non-hydrogen) atoms. The van der Waals surface area contributed by atoms with Crippen LogP contribution in [0.5, 0.6) is 5.75 Å². The van der Waals surface area contributed by atoms with E-state index in [0.29, 0.717) is 23.4 Å². The Morgan fingerprint density at radius 3 is 2.26 bits per heavy atom. The average Bonchev–Trinajstić information content (AvgIpc) is 3.88. The zero-order valence-corrected chi connectivity index (χ0v) is 40.1. The first-order chi connectivity index (χ1) is 31.9. The van der Waals surface area contributed by atoms with Crippen LogP contribution < -0.4 is 10.3 Å². The van der Waals surface area contributed by atoms with Gasteiger partial charge in [0.1, 0.15) is 54.4 Å². The molecule has 0 aliphatic carbocycles. The predicted octanol–water partition coefficient (Wildman–Crippen LogP) is 11.4. The molecule has 4 aromatic rings. The van der Waals surface area contributed by atoms with Gasteiger partial charge in [-0.25, -0.2) is 18.5 Å². The second-order valence-electron chi connectivity index (χ2n) is 16.9. The Bertz CT molecular complexity index is 2220. The number of phosphoric ester groups is 1. The number of hydrogen-bond acceptors (Lipinski definition) is 14. The third-order valence-corrected chi connectivity index (χ3v) is 12.7. The van der Waals surface area contributed by atoms with Gasteiger partial charge in [-0.05, 0) is 68.3 Å². The molecule has 3 heterocycles. The van der Waals surface area contributed by atoms with Crippen molar-refractivity contribution in [1.29, 1.82) is 10.5 Å². The number of rotatable bonds is 32. The summed E-state index contributed by atoms with van der Waals surface area (Å²) in [5, 5.41) is 23.5. The first kappa shape index (κ1) is 52.8. The topological polar surface area (TPSA) is 195 Å². The maximum atomic E-state index is 14.8. The number of fused-ring (bicyclic) bond motifs is 1. The average molecular weight is 956 g/mol. The lowest BCUT2D eigenvalue weighted by atomic mass is 10.0. The van der Waals surface area contributed by atoms with E-state index in [-0.39, 0.29) is 48.6 Å². The van der Waals surface area contributed by atoms with Gasteiger partial charge in [-0.2, -0.15) is 15.6 Å². The second kappa shape index (κ2) is 27.6. The third-order valence-electron chi connectivity index (χ3n) is 11.0. The monoisotopic (exact) mass is 954 g/mol. The van der Waals surface area contributed by atoms with Crippen LogP contribution in [0.4, 0.5) is 10.2 Å². The van der Waals surface area contributed by atoms with Crippen LogP contribution >= 0.6 is 19.4 Å². The van der Waals surface area contributed by atoms with E-state index >= 15 is 0 Å². The molecule has 0 saturated carbocycles. The zero-order valence-electron chi connectivity index (χ0n) is 38.4. The molecule has 2 aromatic heterocycles. The fourth-order valence-electron chi connectivity index (χ4n) is 7.70. The molecule has 360 valence electrons. The number of anilines is 1. The van der Waals surface area contributed by atoms with E-state index in [1.54, 1.807) is 48.7 Å². The Labute approximate surface area is 393 Å². The molecule has 5 rings (SSSR count). The van der Waals surface area contributed by atoms with Gasteiger partial charge in [0.05, 0.1) is 54.8 Å². The fraction of sp³-hybridized carbons (Fsp3) is 0.583. The van der Waals surface area contributed by atoms with E-state index in [9.17, 15) is 19.5 Å². The minimum absolute atomic E-state index is 0.0173. The summed E-state index contributed by atoms with van der Waals surface area (Å²) in [4.78, 5) is 4.07. The Morgan fingerprint density at radius 2 is 1.58 bits per heavy atom. The first-order valence-corrected chi connectivity index (χ1v) is 24.9. The zero-order chi connectivity index (χ0) is 47.2. The van der Waals surface area contributed by atoms with Gasteiger partial charge in [-0.15, -0.1) is 0 Å².